The number of amides is 1. The van der Waals surface area contributed by atoms with E-state index < -0.39 is 0 Å². The first-order valence-corrected chi connectivity index (χ1v) is 6.76. The molecule has 2 rings (SSSR count). The quantitative estimate of drug-likeness (QED) is 0.909. The average Bonchev–Trinajstić information content (AvgIpc) is 2.40. The lowest BCUT2D eigenvalue weighted by molar-refractivity contribution is -0.117. The van der Waals surface area contributed by atoms with Gasteiger partial charge in [0.2, 0.25) is 5.91 Å². The van der Waals surface area contributed by atoms with E-state index in [0.717, 1.165) is 15.4 Å². The molecule has 0 bridgehead atoms. The Hall–Kier alpha value is -1.81. The molecule has 0 aromatic heterocycles. The van der Waals surface area contributed by atoms with Crippen molar-refractivity contribution in [1.82, 2.24) is 0 Å². The van der Waals surface area contributed by atoms with Gasteiger partial charge in [0.05, 0.1) is 0 Å². The van der Waals surface area contributed by atoms with E-state index in [1.165, 1.54) is 12.1 Å². The molecule has 0 atom stereocenters. The van der Waals surface area contributed by atoms with Crippen LogP contribution in [0.25, 0.3) is 0 Å². The standard InChI is InChI=1S/C15H14FNOS/c16-12-4-8-14(9-5-12)19-13-6-1-11(2-7-13)3-10-15(17)18/h1-2,4-9H,3,10H2,(H2,17,18). The predicted molar refractivity (Wildman–Crippen MR) is 74.5 cm³/mol. The molecule has 0 saturated heterocycles. The van der Waals surface area contributed by atoms with Crippen LogP contribution >= 0.6 is 11.8 Å². The molecule has 1 amide bonds. The van der Waals surface area contributed by atoms with E-state index in [1.54, 1.807) is 23.9 Å². The van der Waals surface area contributed by atoms with Gasteiger partial charge in [-0.05, 0) is 48.4 Å². The van der Waals surface area contributed by atoms with Crippen LogP contribution in [0.1, 0.15) is 12.0 Å². The maximum absolute atomic E-state index is 12.8. The van der Waals surface area contributed by atoms with Crippen molar-refractivity contribution < 1.29 is 9.18 Å². The third-order valence-corrected chi connectivity index (χ3v) is 3.65. The monoisotopic (exact) mass is 275 g/mol. The van der Waals surface area contributed by atoms with Crippen LogP contribution in [0.15, 0.2) is 58.3 Å². The maximum atomic E-state index is 12.8. The van der Waals surface area contributed by atoms with Crippen molar-refractivity contribution in [2.24, 2.45) is 5.73 Å². The number of carbonyl (C=O) groups excluding carboxylic acids is 1. The molecule has 0 aliphatic rings. The zero-order chi connectivity index (χ0) is 13.7. The van der Waals surface area contributed by atoms with Crippen molar-refractivity contribution in [3.05, 3.63) is 59.9 Å². The summed E-state index contributed by atoms with van der Waals surface area (Å²) < 4.78 is 12.8. The van der Waals surface area contributed by atoms with Crippen LogP contribution in [0.2, 0.25) is 0 Å². The van der Waals surface area contributed by atoms with Crippen molar-refractivity contribution in [3.63, 3.8) is 0 Å². The molecule has 0 fully saturated rings. The third-order valence-electron chi connectivity index (χ3n) is 2.63. The van der Waals surface area contributed by atoms with E-state index in [1.807, 2.05) is 24.3 Å². The highest BCUT2D eigenvalue weighted by atomic mass is 32.2. The van der Waals surface area contributed by atoms with Crippen LogP contribution in [0.3, 0.4) is 0 Å². The lowest BCUT2D eigenvalue weighted by Crippen LogP contribution is -2.11. The number of carbonyl (C=O) groups is 1. The molecule has 0 radical (unpaired) electrons. The molecule has 0 aliphatic heterocycles. The lowest BCUT2D eigenvalue weighted by Gasteiger charge is -2.03. The van der Waals surface area contributed by atoms with Gasteiger partial charge in [0, 0.05) is 16.2 Å². The molecular formula is C15H14FNOS. The second-order valence-corrected chi connectivity index (χ2v) is 5.31. The molecule has 0 spiro atoms. The highest BCUT2D eigenvalue weighted by molar-refractivity contribution is 7.99. The first kappa shape index (κ1) is 13.6. The van der Waals surface area contributed by atoms with Gasteiger partial charge in [-0.2, -0.15) is 0 Å². The summed E-state index contributed by atoms with van der Waals surface area (Å²) in [5, 5.41) is 0. The minimum Gasteiger partial charge on any atom is -0.370 e. The summed E-state index contributed by atoms with van der Waals surface area (Å²) in [4.78, 5) is 12.8. The first-order chi connectivity index (χ1) is 9.13. The zero-order valence-corrected chi connectivity index (χ0v) is 11.1. The van der Waals surface area contributed by atoms with E-state index in [4.69, 9.17) is 5.73 Å². The van der Waals surface area contributed by atoms with Crippen molar-refractivity contribution >= 4 is 17.7 Å². The minimum atomic E-state index is -0.287. The van der Waals surface area contributed by atoms with E-state index in [9.17, 15) is 9.18 Å². The summed E-state index contributed by atoms with van der Waals surface area (Å²) in [6.45, 7) is 0. The Bertz CT molecular complexity index is 551. The fourth-order valence-electron chi connectivity index (χ4n) is 1.63. The molecule has 4 heteroatoms. The molecule has 0 aliphatic carbocycles. The topological polar surface area (TPSA) is 43.1 Å². The number of benzene rings is 2. The van der Waals surface area contributed by atoms with Crippen LogP contribution in [-0.2, 0) is 11.2 Å². The van der Waals surface area contributed by atoms with Gasteiger partial charge < -0.3 is 5.73 Å². The molecule has 0 unspecified atom stereocenters. The van der Waals surface area contributed by atoms with Crippen LogP contribution in [-0.4, -0.2) is 5.91 Å². The highest BCUT2D eigenvalue weighted by Gasteiger charge is 2.00. The molecule has 19 heavy (non-hydrogen) atoms. The normalized spacial score (nSPS) is 10.4. The predicted octanol–water partition coefficient (Wildman–Crippen LogP) is 3.39. The van der Waals surface area contributed by atoms with Gasteiger partial charge in [-0.25, -0.2) is 4.39 Å². The summed E-state index contributed by atoms with van der Waals surface area (Å²) in [7, 11) is 0. The Morgan fingerprint density at radius 1 is 1.00 bits per heavy atom. The maximum Gasteiger partial charge on any atom is 0.217 e. The third kappa shape index (κ3) is 4.41. The van der Waals surface area contributed by atoms with Crippen molar-refractivity contribution in [2.75, 3.05) is 0 Å². The lowest BCUT2D eigenvalue weighted by atomic mass is 10.1. The molecule has 0 saturated carbocycles. The fraction of sp³-hybridized carbons (Fsp3) is 0.133. The summed E-state index contributed by atoms with van der Waals surface area (Å²) >= 11 is 1.57. The number of aryl methyl sites for hydroxylation is 1. The Kier molecular flexibility index (Phi) is 4.58. The summed E-state index contributed by atoms with van der Waals surface area (Å²) in [5.74, 6) is -0.518. The van der Waals surface area contributed by atoms with Gasteiger partial charge in [0.1, 0.15) is 5.82 Å². The van der Waals surface area contributed by atoms with E-state index in [-0.39, 0.29) is 11.7 Å². The number of rotatable bonds is 5. The van der Waals surface area contributed by atoms with Gasteiger partial charge in [0.15, 0.2) is 0 Å². The molecule has 98 valence electrons. The van der Waals surface area contributed by atoms with E-state index in [2.05, 4.69) is 0 Å². The van der Waals surface area contributed by atoms with Gasteiger partial charge in [-0.1, -0.05) is 23.9 Å². The largest absolute Gasteiger partial charge is 0.370 e. The Balaban J connectivity index is 1.98. The molecule has 0 heterocycles. The SMILES string of the molecule is NC(=O)CCc1ccc(Sc2ccc(F)cc2)cc1. The van der Waals surface area contributed by atoms with E-state index in [0.29, 0.717) is 12.8 Å². The van der Waals surface area contributed by atoms with Crippen molar-refractivity contribution in [2.45, 2.75) is 22.6 Å². The first-order valence-electron chi connectivity index (χ1n) is 5.94. The van der Waals surface area contributed by atoms with Crippen LogP contribution in [0, 0.1) is 5.82 Å². The second kappa shape index (κ2) is 6.38. The smallest absolute Gasteiger partial charge is 0.217 e. The second-order valence-electron chi connectivity index (χ2n) is 4.17. The number of nitrogens with two attached hydrogens (primary N) is 1. The molecule has 2 aromatic carbocycles. The Labute approximate surface area is 115 Å². The highest BCUT2D eigenvalue weighted by Crippen LogP contribution is 2.27. The van der Waals surface area contributed by atoms with Gasteiger partial charge in [-0.3, -0.25) is 4.79 Å². The molecule has 2 nitrogen and oxygen atoms in total. The fourth-order valence-corrected chi connectivity index (χ4v) is 2.45. The van der Waals surface area contributed by atoms with Crippen LogP contribution < -0.4 is 5.73 Å². The summed E-state index contributed by atoms with van der Waals surface area (Å²) in [5.41, 5.74) is 6.20. The molecule has 2 aromatic rings. The minimum absolute atomic E-state index is 0.230. The summed E-state index contributed by atoms with van der Waals surface area (Å²) in [6.07, 6.45) is 1.03. The Morgan fingerprint density at radius 3 is 2.05 bits per heavy atom. The van der Waals surface area contributed by atoms with Crippen LogP contribution in [0.4, 0.5) is 4.39 Å². The van der Waals surface area contributed by atoms with Crippen molar-refractivity contribution in [1.29, 1.82) is 0 Å². The van der Waals surface area contributed by atoms with Gasteiger partial charge in [-0.15, -0.1) is 0 Å². The molecular weight excluding hydrogens is 261 g/mol. The number of primary amides is 1. The van der Waals surface area contributed by atoms with Gasteiger partial charge in [0.25, 0.3) is 0 Å². The zero-order valence-electron chi connectivity index (χ0n) is 10.3. The number of hydrogen-bond acceptors (Lipinski definition) is 2. The van der Waals surface area contributed by atoms with Crippen molar-refractivity contribution in [3.8, 4) is 0 Å². The molecule has 2 N–H and O–H groups in total. The van der Waals surface area contributed by atoms with Crippen LogP contribution in [0.5, 0.6) is 0 Å². The average molecular weight is 275 g/mol. The van der Waals surface area contributed by atoms with Gasteiger partial charge >= 0.3 is 0 Å². The number of halogens is 1. The Morgan fingerprint density at radius 2 is 1.53 bits per heavy atom. The number of hydrogen-bond donors (Lipinski definition) is 1. The summed E-state index contributed by atoms with van der Waals surface area (Å²) in [6, 6.07) is 14.3. The van der Waals surface area contributed by atoms with E-state index >= 15 is 0 Å².